The number of likely N-dealkylation sites (N-methyl/N-ethyl adjacent to an activating group) is 1. The van der Waals surface area contributed by atoms with Crippen LogP contribution in [0.5, 0.6) is 0 Å². The van der Waals surface area contributed by atoms with Crippen molar-refractivity contribution in [2.45, 2.75) is 6.42 Å². The Balaban J connectivity index is 2.06. The number of carbonyl (C=O) groups excluding carboxylic acids is 1. The highest BCUT2D eigenvalue weighted by atomic mass is 35.5. The first-order valence-corrected chi connectivity index (χ1v) is 7.46. The van der Waals surface area contributed by atoms with Gasteiger partial charge in [0.05, 0.1) is 15.5 Å². The zero-order valence-corrected chi connectivity index (χ0v) is 12.9. The van der Waals surface area contributed by atoms with Crippen molar-refractivity contribution in [1.82, 2.24) is 4.90 Å². The van der Waals surface area contributed by atoms with Crippen LogP contribution in [0.3, 0.4) is 0 Å². The molecule has 1 aromatic heterocycles. The fourth-order valence-corrected chi connectivity index (χ4v) is 2.78. The van der Waals surface area contributed by atoms with Gasteiger partial charge in [0.2, 0.25) is 0 Å². The molecule has 0 bridgehead atoms. The van der Waals surface area contributed by atoms with Gasteiger partial charge in [-0.2, -0.15) is 0 Å². The minimum atomic E-state index is -0.541. The average Bonchev–Trinajstić information content (AvgIpc) is 2.97. The highest BCUT2D eigenvalue weighted by molar-refractivity contribution is 7.09. The number of thiophene rings is 1. The Morgan fingerprint density at radius 2 is 2.19 bits per heavy atom. The molecule has 0 unspecified atom stereocenters. The summed E-state index contributed by atoms with van der Waals surface area (Å²) in [5.41, 5.74) is 0.147. The molecule has 1 aromatic carbocycles. The maximum absolute atomic E-state index is 12.3. The summed E-state index contributed by atoms with van der Waals surface area (Å²) in [5.74, 6) is -0.244. The van der Waals surface area contributed by atoms with Crippen LogP contribution in [-0.2, 0) is 6.42 Å². The van der Waals surface area contributed by atoms with E-state index < -0.39 is 4.92 Å². The van der Waals surface area contributed by atoms with Crippen molar-refractivity contribution in [3.05, 3.63) is 61.3 Å². The molecule has 0 aliphatic heterocycles. The van der Waals surface area contributed by atoms with Gasteiger partial charge in [-0.05, 0) is 23.9 Å². The molecule has 7 heteroatoms. The lowest BCUT2D eigenvalue weighted by atomic mass is 10.1. The fourth-order valence-electron chi connectivity index (χ4n) is 1.83. The summed E-state index contributed by atoms with van der Waals surface area (Å²) in [7, 11) is 1.69. The highest BCUT2D eigenvalue weighted by Gasteiger charge is 2.18. The number of nitro groups is 1. The summed E-state index contributed by atoms with van der Waals surface area (Å²) in [6.45, 7) is 0.562. The van der Waals surface area contributed by atoms with Gasteiger partial charge in [0.1, 0.15) is 0 Å². The van der Waals surface area contributed by atoms with Crippen LogP contribution in [0.25, 0.3) is 0 Å². The van der Waals surface area contributed by atoms with E-state index in [0.717, 1.165) is 6.42 Å². The Hall–Kier alpha value is -1.92. The number of nitro benzene ring substituents is 1. The number of rotatable bonds is 5. The second-order valence-electron chi connectivity index (χ2n) is 4.48. The van der Waals surface area contributed by atoms with Crippen LogP contribution >= 0.6 is 22.9 Å². The lowest BCUT2D eigenvalue weighted by Gasteiger charge is -2.17. The molecule has 0 aliphatic carbocycles. The number of nitrogens with zero attached hydrogens (tertiary/aromatic N) is 2. The molecule has 0 atom stereocenters. The van der Waals surface area contributed by atoms with Gasteiger partial charge < -0.3 is 4.90 Å². The van der Waals surface area contributed by atoms with E-state index in [9.17, 15) is 14.9 Å². The number of hydrogen-bond donors (Lipinski definition) is 0. The topological polar surface area (TPSA) is 63.5 Å². The van der Waals surface area contributed by atoms with Crippen molar-refractivity contribution < 1.29 is 9.72 Å². The van der Waals surface area contributed by atoms with E-state index in [4.69, 9.17) is 11.6 Å². The van der Waals surface area contributed by atoms with Crippen LogP contribution in [0.2, 0.25) is 5.02 Å². The second kappa shape index (κ2) is 6.69. The predicted molar refractivity (Wildman–Crippen MR) is 83.1 cm³/mol. The van der Waals surface area contributed by atoms with Crippen molar-refractivity contribution in [3.8, 4) is 0 Å². The third-order valence-electron chi connectivity index (χ3n) is 3.01. The molecule has 21 heavy (non-hydrogen) atoms. The normalized spacial score (nSPS) is 10.4. The van der Waals surface area contributed by atoms with Crippen LogP contribution in [0.15, 0.2) is 35.7 Å². The summed E-state index contributed by atoms with van der Waals surface area (Å²) in [6.07, 6.45) is 0.768. The average molecular weight is 325 g/mol. The molecule has 0 aliphatic rings. The third kappa shape index (κ3) is 3.80. The quantitative estimate of drug-likeness (QED) is 0.623. The van der Waals surface area contributed by atoms with Gasteiger partial charge in [0.25, 0.3) is 11.6 Å². The first-order chi connectivity index (χ1) is 9.99. The number of non-ortho nitro benzene ring substituents is 1. The molecule has 0 saturated carbocycles. The lowest BCUT2D eigenvalue weighted by molar-refractivity contribution is -0.384. The maximum Gasteiger partial charge on any atom is 0.270 e. The number of benzene rings is 1. The van der Waals surface area contributed by atoms with E-state index in [0.29, 0.717) is 6.54 Å². The van der Waals surface area contributed by atoms with Crippen molar-refractivity contribution >= 4 is 34.5 Å². The van der Waals surface area contributed by atoms with Gasteiger partial charge in [-0.3, -0.25) is 14.9 Å². The summed E-state index contributed by atoms with van der Waals surface area (Å²) in [6, 6.07) is 7.86. The molecule has 0 fully saturated rings. The van der Waals surface area contributed by atoms with E-state index in [1.54, 1.807) is 23.3 Å². The molecular formula is C14H13ClN2O3S. The lowest BCUT2D eigenvalue weighted by Crippen LogP contribution is -2.28. The van der Waals surface area contributed by atoms with Crippen molar-refractivity contribution in [1.29, 1.82) is 0 Å². The van der Waals surface area contributed by atoms with E-state index in [1.807, 2.05) is 17.5 Å². The standard InChI is InChI=1S/C14H13ClN2O3S/c1-16(7-6-11-3-2-8-21-11)14(18)12-5-4-10(17(19)20)9-13(12)15/h2-5,8-9H,6-7H2,1H3. The Bertz CT molecular complexity index is 658. The van der Waals surface area contributed by atoms with E-state index >= 15 is 0 Å². The largest absolute Gasteiger partial charge is 0.341 e. The molecule has 2 rings (SSSR count). The van der Waals surface area contributed by atoms with Gasteiger partial charge in [0, 0.05) is 30.6 Å². The van der Waals surface area contributed by atoms with Crippen molar-refractivity contribution in [2.24, 2.45) is 0 Å². The second-order valence-corrected chi connectivity index (χ2v) is 5.92. The number of carbonyl (C=O) groups is 1. The Labute approximate surface area is 130 Å². The number of hydrogen-bond acceptors (Lipinski definition) is 4. The van der Waals surface area contributed by atoms with Gasteiger partial charge >= 0.3 is 0 Å². The SMILES string of the molecule is CN(CCc1cccs1)C(=O)c1ccc([N+](=O)[O-])cc1Cl. The first-order valence-electron chi connectivity index (χ1n) is 6.21. The van der Waals surface area contributed by atoms with Gasteiger partial charge in [-0.1, -0.05) is 17.7 Å². The minimum absolute atomic E-state index is 0.0946. The Morgan fingerprint density at radius 1 is 1.43 bits per heavy atom. The number of halogens is 1. The maximum atomic E-state index is 12.3. The van der Waals surface area contributed by atoms with E-state index in [1.165, 1.54) is 23.1 Å². The molecule has 5 nitrogen and oxygen atoms in total. The van der Waals surface area contributed by atoms with Gasteiger partial charge in [-0.25, -0.2) is 0 Å². The predicted octanol–water partition coefficient (Wildman–Crippen LogP) is 3.62. The Morgan fingerprint density at radius 3 is 2.76 bits per heavy atom. The first kappa shape index (κ1) is 15.5. The van der Waals surface area contributed by atoms with Crippen LogP contribution in [0.1, 0.15) is 15.2 Å². The molecule has 110 valence electrons. The third-order valence-corrected chi connectivity index (χ3v) is 4.26. The summed E-state index contributed by atoms with van der Waals surface area (Å²) < 4.78 is 0. The fraction of sp³-hybridized carbons (Fsp3) is 0.214. The zero-order chi connectivity index (χ0) is 15.4. The summed E-state index contributed by atoms with van der Waals surface area (Å²) in [5, 5.41) is 12.7. The van der Waals surface area contributed by atoms with Gasteiger partial charge in [-0.15, -0.1) is 11.3 Å². The molecule has 0 saturated heterocycles. The Kier molecular flexibility index (Phi) is 4.93. The number of amides is 1. The van der Waals surface area contributed by atoms with Crippen molar-refractivity contribution in [2.75, 3.05) is 13.6 Å². The minimum Gasteiger partial charge on any atom is -0.341 e. The van der Waals surface area contributed by atoms with E-state index in [-0.39, 0.29) is 22.2 Å². The molecule has 1 amide bonds. The van der Waals surface area contributed by atoms with Crippen molar-refractivity contribution in [3.63, 3.8) is 0 Å². The molecule has 0 spiro atoms. The zero-order valence-electron chi connectivity index (χ0n) is 11.3. The molecule has 0 radical (unpaired) electrons. The smallest absolute Gasteiger partial charge is 0.270 e. The molecule has 2 aromatic rings. The summed E-state index contributed by atoms with van der Waals surface area (Å²) >= 11 is 7.60. The van der Waals surface area contributed by atoms with E-state index in [2.05, 4.69) is 0 Å². The van der Waals surface area contributed by atoms with Crippen LogP contribution in [0.4, 0.5) is 5.69 Å². The van der Waals surface area contributed by atoms with Crippen LogP contribution in [0, 0.1) is 10.1 Å². The molecular weight excluding hydrogens is 312 g/mol. The van der Waals surface area contributed by atoms with Gasteiger partial charge in [0.15, 0.2) is 0 Å². The molecule has 1 heterocycles. The monoisotopic (exact) mass is 324 g/mol. The van der Waals surface area contributed by atoms with Crippen LogP contribution in [-0.4, -0.2) is 29.3 Å². The highest BCUT2D eigenvalue weighted by Crippen LogP contribution is 2.23. The molecule has 0 N–H and O–H groups in total. The summed E-state index contributed by atoms with van der Waals surface area (Å²) in [4.78, 5) is 25.2. The van der Waals surface area contributed by atoms with Crippen LogP contribution < -0.4 is 0 Å².